The van der Waals surface area contributed by atoms with Crippen molar-refractivity contribution in [2.24, 2.45) is 0 Å². The average Bonchev–Trinajstić information content (AvgIpc) is 2.70. The summed E-state index contributed by atoms with van der Waals surface area (Å²) in [5.74, 6) is 6.04. The fraction of sp³-hybridized carbons (Fsp3) is 0.364. The van der Waals surface area contributed by atoms with Crippen LogP contribution in [-0.2, 0) is 16.1 Å². The quantitative estimate of drug-likeness (QED) is 0.644. The Hall–Kier alpha value is -3.08. The Balaban J connectivity index is 1.75. The lowest BCUT2D eigenvalue weighted by atomic mass is 9.94. The van der Waals surface area contributed by atoms with Crippen molar-refractivity contribution in [2.75, 3.05) is 19.8 Å². The summed E-state index contributed by atoms with van der Waals surface area (Å²) in [6, 6.07) is 9.38. The standard InChI is InChI=1S/C22H24N2O5/c1-16-2-4-18(5-3-16)29-22(8-10-28-11-9-22)7-6-17-12-20(25)19(24-13-17)14-23-15-21(26)27/h2-5,12-13,23,25H,8-11,14-15H2,1H3,(H,26,27). The van der Waals surface area contributed by atoms with Gasteiger partial charge in [0, 0.05) is 31.1 Å². The van der Waals surface area contributed by atoms with Gasteiger partial charge in [0.1, 0.15) is 11.5 Å². The molecule has 3 N–H and O–H groups in total. The average molecular weight is 396 g/mol. The van der Waals surface area contributed by atoms with Gasteiger partial charge in [-0.15, -0.1) is 0 Å². The number of pyridine rings is 1. The normalized spacial score (nSPS) is 15.2. The molecule has 0 atom stereocenters. The summed E-state index contributed by atoms with van der Waals surface area (Å²) in [4.78, 5) is 14.7. The van der Waals surface area contributed by atoms with Crippen LogP contribution in [0.3, 0.4) is 0 Å². The second-order valence-corrected chi connectivity index (χ2v) is 6.96. The number of hydrogen-bond donors (Lipinski definition) is 3. The van der Waals surface area contributed by atoms with Crippen LogP contribution in [0.15, 0.2) is 36.5 Å². The van der Waals surface area contributed by atoms with Crippen molar-refractivity contribution < 1.29 is 24.5 Å². The second-order valence-electron chi connectivity index (χ2n) is 6.96. The van der Waals surface area contributed by atoms with Gasteiger partial charge < -0.3 is 25.0 Å². The summed E-state index contributed by atoms with van der Waals surface area (Å²) >= 11 is 0. The molecule has 1 fully saturated rings. The van der Waals surface area contributed by atoms with Crippen LogP contribution in [0.1, 0.15) is 29.7 Å². The number of nitrogens with one attached hydrogen (secondary N) is 1. The number of aromatic nitrogens is 1. The maximum Gasteiger partial charge on any atom is 0.317 e. The Morgan fingerprint density at radius 2 is 2.03 bits per heavy atom. The van der Waals surface area contributed by atoms with E-state index in [9.17, 15) is 9.90 Å². The molecule has 0 amide bonds. The van der Waals surface area contributed by atoms with Crippen molar-refractivity contribution in [1.82, 2.24) is 10.3 Å². The number of ether oxygens (including phenoxy) is 2. The molecule has 0 spiro atoms. The topological polar surface area (TPSA) is 101 Å². The summed E-state index contributed by atoms with van der Waals surface area (Å²) in [7, 11) is 0. The Morgan fingerprint density at radius 3 is 2.69 bits per heavy atom. The van der Waals surface area contributed by atoms with Crippen molar-refractivity contribution >= 4 is 5.97 Å². The smallest absolute Gasteiger partial charge is 0.317 e. The fourth-order valence-electron chi connectivity index (χ4n) is 2.95. The van der Waals surface area contributed by atoms with E-state index in [0.717, 1.165) is 11.3 Å². The minimum absolute atomic E-state index is 0.0323. The molecular formula is C22H24N2O5. The van der Waals surface area contributed by atoms with E-state index in [4.69, 9.17) is 14.6 Å². The van der Waals surface area contributed by atoms with E-state index in [1.807, 2.05) is 31.2 Å². The number of aryl methyl sites for hydroxylation is 1. The van der Waals surface area contributed by atoms with Gasteiger partial charge in [0.15, 0.2) is 5.60 Å². The van der Waals surface area contributed by atoms with E-state index < -0.39 is 11.6 Å². The number of carbonyl (C=O) groups is 1. The van der Waals surface area contributed by atoms with Crippen molar-refractivity contribution in [3.63, 3.8) is 0 Å². The highest BCUT2D eigenvalue weighted by atomic mass is 16.5. The lowest BCUT2D eigenvalue weighted by Gasteiger charge is -2.33. The van der Waals surface area contributed by atoms with Crippen molar-refractivity contribution in [2.45, 2.75) is 31.9 Å². The predicted molar refractivity (Wildman–Crippen MR) is 107 cm³/mol. The Morgan fingerprint density at radius 1 is 1.31 bits per heavy atom. The highest BCUT2D eigenvalue weighted by Gasteiger charge is 2.33. The molecule has 7 heteroatoms. The number of aliphatic carboxylic acids is 1. The summed E-state index contributed by atoms with van der Waals surface area (Å²) in [5.41, 5.74) is 1.42. The van der Waals surface area contributed by atoms with Gasteiger partial charge in [-0.1, -0.05) is 23.6 Å². The summed E-state index contributed by atoms with van der Waals surface area (Å²) < 4.78 is 11.7. The molecule has 0 radical (unpaired) electrons. The zero-order chi connectivity index (χ0) is 20.7. The van der Waals surface area contributed by atoms with Crippen LogP contribution >= 0.6 is 0 Å². The van der Waals surface area contributed by atoms with E-state index in [1.165, 1.54) is 6.07 Å². The molecule has 29 heavy (non-hydrogen) atoms. The first-order valence-electron chi connectivity index (χ1n) is 9.43. The molecular weight excluding hydrogens is 372 g/mol. The lowest BCUT2D eigenvalue weighted by molar-refractivity contribution is -0.136. The highest BCUT2D eigenvalue weighted by Crippen LogP contribution is 2.28. The minimum atomic E-state index is -0.970. The van der Waals surface area contributed by atoms with E-state index in [2.05, 4.69) is 22.1 Å². The first-order chi connectivity index (χ1) is 14.0. The van der Waals surface area contributed by atoms with Gasteiger partial charge in [-0.05, 0) is 31.0 Å². The van der Waals surface area contributed by atoms with Crippen LogP contribution in [0.25, 0.3) is 0 Å². The summed E-state index contributed by atoms with van der Waals surface area (Å²) in [5, 5.41) is 21.5. The van der Waals surface area contributed by atoms with Crippen LogP contribution in [0.5, 0.6) is 11.5 Å². The van der Waals surface area contributed by atoms with Crippen molar-refractivity contribution in [3.05, 3.63) is 53.3 Å². The zero-order valence-electron chi connectivity index (χ0n) is 16.3. The molecule has 0 aliphatic carbocycles. The molecule has 2 heterocycles. The van der Waals surface area contributed by atoms with Crippen LogP contribution in [0.4, 0.5) is 0 Å². The number of benzene rings is 1. The third-order valence-corrected chi connectivity index (χ3v) is 4.59. The van der Waals surface area contributed by atoms with Gasteiger partial charge in [0.2, 0.25) is 0 Å². The third-order valence-electron chi connectivity index (χ3n) is 4.59. The summed E-state index contributed by atoms with van der Waals surface area (Å²) in [6.45, 7) is 3.11. The molecule has 3 rings (SSSR count). The number of hydrogen-bond acceptors (Lipinski definition) is 6. The number of nitrogens with zero attached hydrogens (tertiary/aromatic N) is 1. The Bertz CT molecular complexity index is 909. The molecule has 0 bridgehead atoms. The van der Waals surface area contributed by atoms with Gasteiger partial charge in [-0.2, -0.15) is 0 Å². The van der Waals surface area contributed by atoms with E-state index in [-0.39, 0.29) is 18.8 Å². The number of aromatic hydroxyl groups is 1. The van der Waals surface area contributed by atoms with Gasteiger partial charge in [-0.25, -0.2) is 0 Å². The first kappa shape index (κ1) is 20.6. The molecule has 1 aliphatic heterocycles. The van der Waals surface area contributed by atoms with Gasteiger partial charge in [0.25, 0.3) is 0 Å². The van der Waals surface area contributed by atoms with Crippen molar-refractivity contribution in [1.29, 1.82) is 0 Å². The van der Waals surface area contributed by atoms with E-state index in [1.54, 1.807) is 6.20 Å². The highest BCUT2D eigenvalue weighted by molar-refractivity contribution is 5.69. The third kappa shape index (κ3) is 5.95. The molecule has 0 saturated carbocycles. The van der Waals surface area contributed by atoms with E-state index in [0.29, 0.717) is 37.3 Å². The van der Waals surface area contributed by atoms with Crippen LogP contribution in [0.2, 0.25) is 0 Å². The number of carboxylic acids is 1. The number of rotatable bonds is 6. The largest absolute Gasteiger partial charge is 0.506 e. The maximum absolute atomic E-state index is 10.6. The van der Waals surface area contributed by atoms with Crippen LogP contribution in [0, 0.1) is 18.8 Å². The minimum Gasteiger partial charge on any atom is -0.506 e. The maximum atomic E-state index is 10.6. The molecule has 1 aromatic heterocycles. The Kier molecular flexibility index (Phi) is 6.70. The molecule has 1 aromatic carbocycles. The van der Waals surface area contributed by atoms with Crippen LogP contribution in [-0.4, -0.2) is 46.5 Å². The SMILES string of the molecule is Cc1ccc(OC2(C#Cc3cnc(CNCC(=O)O)c(O)c3)CCOCC2)cc1. The monoisotopic (exact) mass is 396 g/mol. The predicted octanol–water partition coefficient (Wildman–Crippen LogP) is 2.25. The van der Waals surface area contributed by atoms with Gasteiger partial charge >= 0.3 is 5.97 Å². The van der Waals surface area contributed by atoms with Gasteiger partial charge in [-0.3, -0.25) is 9.78 Å². The zero-order valence-corrected chi connectivity index (χ0v) is 16.3. The van der Waals surface area contributed by atoms with E-state index >= 15 is 0 Å². The number of carboxylic acid groups (broad SMARTS) is 1. The fourth-order valence-corrected chi connectivity index (χ4v) is 2.95. The Labute approximate surface area is 169 Å². The molecule has 1 aliphatic rings. The van der Waals surface area contributed by atoms with Crippen LogP contribution < -0.4 is 10.1 Å². The molecule has 152 valence electrons. The summed E-state index contributed by atoms with van der Waals surface area (Å²) in [6.07, 6.45) is 2.85. The molecule has 1 saturated heterocycles. The first-order valence-corrected chi connectivity index (χ1v) is 9.43. The van der Waals surface area contributed by atoms with Gasteiger partial charge in [0.05, 0.1) is 25.5 Å². The molecule has 2 aromatic rings. The lowest BCUT2D eigenvalue weighted by Crippen LogP contribution is -2.40. The molecule has 7 nitrogen and oxygen atoms in total. The molecule has 0 unspecified atom stereocenters. The van der Waals surface area contributed by atoms with Crippen molar-refractivity contribution in [3.8, 4) is 23.3 Å². The second kappa shape index (κ2) is 9.41.